The lowest BCUT2D eigenvalue weighted by atomic mass is 9.71. The zero-order valence-corrected chi connectivity index (χ0v) is 18.3. The van der Waals surface area contributed by atoms with E-state index in [9.17, 15) is 14.7 Å². The van der Waals surface area contributed by atoms with Gasteiger partial charge in [-0.2, -0.15) is 0 Å². The Bertz CT molecular complexity index is 848. The first-order valence-electron chi connectivity index (χ1n) is 10.8. The molecule has 4 heterocycles. The van der Waals surface area contributed by atoms with Crippen molar-refractivity contribution < 1.29 is 19.4 Å². The molecule has 0 aromatic carbocycles. The first-order valence-corrected chi connectivity index (χ1v) is 10.8. The zero-order valence-electron chi connectivity index (χ0n) is 18.3. The van der Waals surface area contributed by atoms with E-state index in [4.69, 9.17) is 4.74 Å². The fourth-order valence-electron chi connectivity index (χ4n) is 5.18. The van der Waals surface area contributed by atoms with E-state index in [-0.39, 0.29) is 17.9 Å². The molecule has 2 fully saturated rings. The molecule has 4 rings (SSSR count). The number of piperidine rings is 2. The van der Waals surface area contributed by atoms with Gasteiger partial charge in [-0.25, -0.2) is 4.98 Å². The molecule has 1 unspecified atom stereocenters. The van der Waals surface area contributed by atoms with Crippen molar-refractivity contribution in [3.05, 3.63) is 22.9 Å². The van der Waals surface area contributed by atoms with Crippen LogP contribution < -0.4 is 4.74 Å². The second-order valence-electron chi connectivity index (χ2n) is 9.28. The number of nitrogens with zero attached hydrogens (tertiary/aromatic N) is 4. The normalized spacial score (nSPS) is 24.1. The molecular weight excluding hydrogens is 384 g/mol. The van der Waals surface area contributed by atoms with Crippen LogP contribution in [0.4, 0.5) is 0 Å². The van der Waals surface area contributed by atoms with E-state index in [1.165, 1.54) is 0 Å². The molecule has 2 saturated heterocycles. The average molecular weight is 417 g/mol. The number of aliphatic hydroxyl groups is 1. The van der Waals surface area contributed by atoms with Crippen molar-refractivity contribution >= 4 is 11.8 Å². The summed E-state index contributed by atoms with van der Waals surface area (Å²) in [6.07, 6.45) is 1.56. The van der Waals surface area contributed by atoms with Crippen molar-refractivity contribution in [2.24, 2.45) is 5.41 Å². The number of carbonyl (C=O) groups excluding carboxylic acids is 2. The third-order valence-electron chi connectivity index (χ3n) is 6.89. The number of ether oxygens (including phenoxy) is 1. The highest BCUT2D eigenvalue weighted by atomic mass is 16.5. The molecule has 8 heteroatoms. The van der Waals surface area contributed by atoms with Crippen molar-refractivity contribution in [3.8, 4) is 5.88 Å². The first-order chi connectivity index (χ1) is 14.2. The van der Waals surface area contributed by atoms with Crippen molar-refractivity contribution in [2.45, 2.75) is 58.3 Å². The van der Waals surface area contributed by atoms with Crippen LogP contribution in [0.25, 0.3) is 0 Å². The smallest absolute Gasteiger partial charge is 0.256 e. The molecule has 2 amide bonds. The Morgan fingerprint density at radius 1 is 1.30 bits per heavy atom. The van der Waals surface area contributed by atoms with Crippen molar-refractivity contribution in [1.29, 1.82) is 0 Å². The van der Waals surface area contributed by atoms with E-state index in [1.54, 1.807) is 19.1 Å². The van der Waals surface area contributed by atoms with Crippen LogP contribution in [0.1, 0.15) is 54.7 Å². The molecule has 1 aromatic heterocycles. The van der Waals surface area contributed by atoms with Gasteiger partial charge in [0.25, 0.3) is 5.91 Å². The fraction of sp³-hybridized carbons (Fsp3) is 0.682. The Hall–Kier alpha value is -2.19. The Morgan fingerprint density at radius 3 is 2.63 bits per heavy atom. The van der Waals surface area contributed by atoms with Gasteiger partial charge in [0.2, 0.25) is 11.8 Å². The minimum Gasteiger partial charge on any atom is -0.481 e. The standard InChI is InChI=1S/C22H32N4O4/c1-14(2)26-13-18-17(20(26)28)9-15(19(23-18)30-4)11-25-7-5-22(6-8-25)10-16(27)12-24(3)21(22)29/h9,14,16,27H,5-8,10-13H2,1-4H3. The number of likely N-dealkylation sites (tertiary alicyclic amines) is 2. The molecule has 0 saturated carbocycles. The van der Waals surface area contributed by atoms with Gasteiger partial charge < -0.3 is 19.6 Å². The summed E-state index contributed by atoms with van der Waals surface area (Å²) >= 11 is 0. The largest absolute Gasteiger partial charge is 0.481 e. The second-order valence-corrected chi connectivity index (χ2v) is 9.28. The van der Waals surface area contributed by atoms with Crippen molar-refractivity contribution in [1.82, 2.24) is 19.7 Å². The maximum Gasteiger partial charge on any atom is 0.256 e. The lowest BCUT2D eigenvalue weighted by Gasteiger charge is -2.47. The van der Waals surface area contributed by atoms with Crippen molar-refractivity contribution in [2.75, 3.05) is 33.8 Å². The van der Waals surface area contributed by atoms with Crippen LogP contribution in [0.3, 0.4) is 0 Å². The van der Waals surface area contributed by atoms with Crippen LogP contribution in [-0.2, 0) is 17.9 Å². The average Bonchev–Trinajstić information content (AvgIpc) is 3.03. The second kappa shape index (κ2) is 7.81. The monoisotopic (exact) mass is 416 g/mol. The van der Waals surface area contributed by atoms with Crippen LogP contribution in [-0.4, -0.2) is 82.5 Å². The van der Waals surface area contributed by atoms with E-state index >= 15 is 0 Å². The van der Waals surface area contributed by atoms with Gasteiger partial charge >= 0.3 is 0 Å². The van der Waals surface area contributed by atoms with E-state index in [1.807, 2.05) is 24.8 Å². The van der Waals surface area contributed by atoms with E-state index in [0.717, 1.165) is 37.2 Å². The zero-order chi connectivity index (χ0) is 21.6. The number of likely N-dealkylation sites (N-methyl/N-ethyl adjacent to an activating group) is 1. The molecule has 1 atom stereocenters. The molecule has 30 heavy (non-hydrogen) atoms. The minimum absolute atomic E-state index is 0.0267. The summed E-state index contributed by atoms with van der Waals surface area (Å²) in [4.78, 5) is 35.9. The SMILES string of the molecule is COc1nc2c(cc1CN1CCC3(CC1)CC(O)CN(C)C3=O)C(=O)N(C(C)C)C2. The number of rotatable bonds is 4. The highest BCUT2D eigenvalue weighted by molar-refractivity contribution is 5.98. The maximum absolute atomic E-state index is 12.8. The predicted molar refractivity (Wildman–Crippen MR) is 111 cm³/mol. The maximum atomic E-state index is 12.8. The van der Waals surface area contributed by atoms with Gasteiger partial charge in [-0.05, 0) is 52.3 Å². The van der Waals surface area contributed by atoms with Gasteiger partial charge in [-0.15, -0.1) is 0 Å². The number of aromatic nitrogens is 1. The Labute approximate surface area is 177 Å². The van der Waals surface area contributed by atoms with Gasteiger partial charge in [-0.1, -0.05) is 0 Å². The number of carbonyl (C=O) groups is 2. The topological polar surface area (TPSA) is 86.2 Å². The molecule has 0 radical (unpaired) electrons. The molecule has 0 aliphatic carbocycles. The van der Waals surface area contributed by atoms with Crippen molar-refractivity contribution in [3.63, 3.8) is 0 Å². The molecule has 1 N–H and O–H groups in total. The number of methoxy groups -OCH3 is 1. The Balaban J connectivity index is 1.49. The van der Waals surface area contributed by atoms with Gasteiger partial charge in [-0.3, -0.25) is 14.5 Å². The number of hydrogen-bond donors (Lipinski definition) is 1. The minimum atomic E-state index is -0.449. The highest BCUT2D eigenvalue weighted by Crippen LogP contribution is 2.41. The Morgan fingerprint density at radius 2 is 2.00 bits per heavy atom. The molecule has 0 bridgehead atoms. The lowest BCUT2D eigenvalue weighted by molar-refractivity contribution is -0.154. The fourth-order valence-corrected chi connectivity index (χ4v) is 5.18. The summed E-state index contributed by atoms with van der Waals surface area (Å²) in [5, 5.41) is 10.2. The summed E-state index contributed by atoms with van der Waals surface area (Å²) in [6.45, 7) is 7.10. The van der Waals surface area contributed by atoms with Gasteiger partial charge in [0.1, 0.15) is 0 Å². The quantitative estimate of drug-likeness (QED) is 0.795. The van der Waals surface area contributed by atoms with Gasteiger partial charge in [0.05, 0.1) is 36.4 Å². The summed E-state index contributed by atoms with van der Waals surface area (Å²) in [5.41, 5.74) is 1.90. The molecule has 164 valence electrons. The van der Waals surface area contributed by atoms with Crippen LogP contribution in [0, 0.1) is 5.41 Å². The van der Waals surface area contributed by atoms with E-state index in [0.29, 0.717) is 37.5 Å². The van der Waals surface area contributed by atoms with Gasteiger partial charge in [0.15, 0.2) is 0 Å². The molecule has 1 aromatic rings. The molecular formula is C22H32N4O4. The first kappa shape index (κ1) is 21.1. The van der Waals surface area contributed by atoms with Crippen LogP contribution in [0.15, 0.2) is 6.07 Å². The molecule has 1 spiro atoms. The van der Waals surface area contributed by atoms with Gasteiger partial charge in [0, 0.05) is 31.7 Å². The van der Waals surface area contributed by atoms with Crippen LogP contribution in [0.5, 0.6) is 5.88 Å². The number of amides is 2. The van der Waals surface area contributed by atoms with Crippen LogP contribution in [0.2, 0.25) is 0 Å². The predicted octanol–water partition coefficient (Wildman–Crippen LogP) is 1.26. The number of fused-ring (bicyclic) bond motifs is 1. The number of β-amino-alcohol motifs (C(OH)–C–C–N with tert-alkyl or cyclic N) is 1. The van der Waals surface area contributed by atoms with E-state index in [2.05, 4.69) is 9.88 Å². The summed E-state index contributed by atoms with van der Waals surface area (Å²) < 4.78 is 5.54. The Kier molecular flexibility index (Phi) is 5.48. The van der Waals surface area contributed by atoms with Crippen LogP contribution >= 0.6 is 0 Å². The summed E-state index contributed by atoms with van der Waals surface area (Å²) in [6, 6.07) is 2.06. The molecule has 3 aliphatic heterocycles. The number of hydrogen-bond acceptors (Lipinski definition) is 6. The van der Waals surface area contributed by atoms with E-state index < -0.39 is 11.5 Å². The summed E-state index contributed by atoms with van der Waals surface area (Å²) in [7, 11) is 3.38. The highest BCUT2D eigenvalue weighted by Gasteiger charge is 2.47. The third-order valence-corrected chi connectivity index (χ3v) is 6.89. The molecule has 3 aliphatic rings. The number of pyridine rings is 1. The molecule has 8 nitrogen and oxygen atoms in total. The third kappa shape index (κ3) is 3.56. The summed E-state index contributed by atoms with van der Waals surface area (Å²) in [5.74, 6) is 0.749. The lowest BCUT2D eigenvalue weighted by Crippen LogP contribution is -2.56. The number of aliphatic hydroxyl groups excluding tert-OH is 1.